The second-order valence-electron chi connectivity index (χ2n) is 7.28. The van der Waals surface area contributed by atoms with Gasteiger partial charge in [-0.25, -0.2) is 4.39 Å². The third-order valence-electron chi connectivity index (χ3n) is 5.05. The van der Waals surface area contributed by atoms with Crippen molar-refractivity contribution in [3.63, 3.8) is 0 Å². The second-order valence-corrected chi connectivity index (χ2v) is 7.28. The van der Waals surface area contributed by atoms with Crippen molar-refractivity contribution >= 4 is 11.6 Å². The Morgan fingerprint density at radius 2 is 1.81 bits per heavy atom. The van der Waals surface area contributed by atoms with Crippen molar-refractivity contribution in [2.75, 3.05) is 37.7 Å². The molecule has 0 unspecified atom stereocenters. The van der Waals surface area contributed by atoms with Crippen molar-refractivity contribution in [1.29, 1.82) is 0 Å². The van der Waals surface area contributed by atoms with E-state index in [1.807, 2.05) is 23.1 Å². The minimum Gasteiger partial charge on any atom is -0.484 e. The summed E-state index contributed by atoms with van der Waals surface area (Å²) in [5, 5.41) is 0. The summed E-state index contributed by atoms with van der Waals surface area (Å²) in [7, 11) is 0. The van der Waals surface area contributed by atoms with E-state index in [0.717, 1.165) is 5.75 Å². The number of rotatable bonds is 5. The highest BCUT2D eigenvalue weighted by Gasteiger charge is 2.23. The number of hydrogen-bond donors (Lipinski definition) is 0. The molecule has 2 aromatic rings. The topological polar surface area (TPSA) is 32.8 Å². The van der Waals surface area contributed by atoms with Crippen LogP contribution in [-0.2, 0) is 4.79 Å². The number of aryl methyl sites for hydroxylation is 1. The maximum Gasteiger partial charge on any atom is 0.260 e. The van der Waals surface area contributed by atoms with Crippen LogP contribution in [0.3, 0.4) is 0 Å². The molecule has 4 nitrogen and oxygen atoms in total. The van der Waals surface area contributed by atoms with E-state index >= 15 is 0 Å². The van der Waals surface area contributed by atoms with Gasteiger partial charge in [-0.2, -0.15) is 0 Å². The van der Waals surface area contributed by atoms with Crippen LogP contribution in [0.1, 0.15) is 30.9 Å². The van der Waals surface area contributed by atoms with Crippen molar-refractivity contribution in [2.24, 2.45) is 0 Å². The van der Waals surface area contributed by atoms with Crippen LogP contribution in [0.25, 0.3) is 0 Å². The molecule has 1 aliphatic heterocycles. The number of halogens is 1. The molecule has 1 aliphatic rings. The highest BCUT2D eigenvalue weighted by molar-refractivity contribution is 5.78. The molecular formula is C22H27FN2O2. The summed E-state index contributed by atoms with van der Waals surface area (Å²) in [5.41, 5.74) is 3.06. The fourth-order valence-corrected chi connectivity index (χ4v) is 3.53. The summed E-state index contributed by atoms with van der Waals surface area (Å²) in [5.74, 6) is 0.927. The Morgan fingerprint density at radius 3 is 2.44 bits per heavy atom. The Morgan fingerprint density at radius 1 is 1.11 bits per heavy atom. The molecule has 1 heterocycles. The van der Waals surface area contributed by atoms with Crippen LogP contribution in [0.2, 0.25) is 0 Å². The molecule has 1 saturated heterocycles. The number of ether oxygens (including phenoxy) is 1. The molecule has 27 heavy (non-hydrogen) atoms. The monoisotopic (exact) mass is 370 g/mol. The zero-order valence-electron chi connectivity index (χ0n) is 16.2. The Bertz CT molecular complexity index is 799. The number of amides is 1. The molecule has 0 N–H and O–H groups in total. The maximum absolute atomic E-state index is 13.9. The zero-order chi connectivity index (χ0) is 19.4. The number of anilines is 1. The summed E-state index contributed by atoms with van der Waals surface area (Å²) < 4.78 is 19.6. The predicted octanol–water partition coefficient (Wildman–Crippen LogP) is 3.99. The van der Waals surface area contributed by atoms with Gasteiger partial charge >= 0.3 is 0 Å². The van der Waals surface area contributed by atoms with Crippen LogP contribution < -0.4 is 9.64 Å². The van der Waals surface area contributed by atoms with Gasteiger partial charge in [0.05, 0.1) is 5.69 Å². The molecule has 0 atom stereocenters. The second kappa shape index (κ2) is 8.42. The van der Waals surface area contributed by atoms with Crippen molar-refractivity contribution in [1.82, 2.24) is 4.90 Å². The minimum absolute atomic E-state index is 0.0279. The third-order valence-corrected chi connectivity index (χ3v) is 5.05. The Hall–Kier alpha value is -2.56. The van der Waals surface area contributed by atoms with Gasteiger partial charge in [0.15, 0.2) is 6.61 Å². The van der Waals surface area contributed by atoms with Gasteiger partial charge in [0.1, 0.15) is 11.6 Å². The number of carbonyl (C=O) groups is 1. The van der Waals surface area contributed by atoms with Crippen LogP contribution in [0, 0.1) is 12.7 Å². The van der Waals surface area contributed by atoms with E-state index in [1.165, 1.54) is 17.2 Å². The first-order chi connectivity index (χ1) is 13.0. The van der Waals surface area contributed by atoms with Crippen molar-refractivity contribution in [3.8, 4) is 5.75 Å². The van der Waals surface area contributed by atoms with E-state index < -0.39 is 0 Å². The molecule has 0 radical (unpaired) electrons. The van der Waals surface area contributed by atoms with Gasteiger partial charge in [0.2, 0.25) is 0 Å². The van der Waals surface area contributed by atoms with E-state index in [1.54, 1.807) is 17.0 Å². The van der Waals surface area contributed by atoms with Crippen LogP contribution in [0.15, 0.2) is 42.5 Å². The predicted molar refractivity (Wildman–Crippen MR) is 106 cm³/mol. The van der Waals surface area contributed by atoms with Gasteiger partial charge in [0, 0.05) is 26.2 Å². The first kappa shape index (κ1) is 19.2. The number of carbonyl (C=O) groups excluding carboxylic acids is 1. The summed E-state index contributed by atoms with van der Waals surface area (Å²) >= 11 is 0. The van der Waals surface area contributed by atoms with Gasteiger partial charge in [-0.05, 0) is 48.2 Å². The summed E-state index contributed by atoms with van der Waals surface area (Å²) in [6, 6.07) is 12.7. The molecule has 144 valence electrons. The fraction of sp³-hybridized carbons (Fsp3) is 0.409. The van der Waals surface area contributed by atoms with Crippen molar-refractivity contribution < 1.29 is 13.9 Å². The quantitative estimate of drug-likeness (QED) is 0.798. The van der Waals surface area contributed by atoms with E-state index in [2.05, 4.69) is 26.8 Å². The Balaban J connectivity index is 1.51. The van der Waals surface area contributed by atoms with E-state index in [-0.39, 0.29) is 18.3 Å². The Kier molecular flexibility index (Phi) is 5.99. The largest absolute Gasteiger partial charge is 0.484 e. The van der Waals surface area contributed by atoms with Crippen LogP contribution in [0.4, 0.5) is 10.1 Å². The number of para-hydroxylation sites is 1. The molecule has 1 amide bonds. The number of benzene rings is 2. The van der Waals surface area contributed by atoms with E-state index in [9.17, 15) is 9.18 Å². The molecule has 1 fully saturated rings. The smallest absolute Gasteiger partial charge is 0.260 e. The maximum atomic E-state index is 13.9. The van der Waals surface area contributed by atoms with Gasteiger partial charge in [-0.3, -0.25) is 4.79 Å². The first-order valence-corrected chi connectivity index (χ1v) is 9.46. The summed E-state index contributed by atoms with van der Waals surface area (Å²) in [4.78, 5) is 16.2. The Labute approximate surface area is 160 Å². The van der Waals surface area contributed by atoms with Crippen LogP contribution >= 0.6 is 0 Å². The van der Waals surface area contributed by atoms with Gasteiger partial charge in [-0.15, -0.1) is 0 Å². The third kappa shape index (κ3) is 4.59. The summed E-state index contributed by atoms with van der Waals surface area (Å²) in [6.45, 7) is 8.79. The average molecular weight is 370 g/mol. The van der Waals surface area contributed by atoms with Crippen molar-refractivity contribution in [2.45, 2.75) is 26.7 Å². The number of piperazine rings is 1. The summed E-state index contributed by atoms with van der Waals surface area (Å²) in [6.07, 6.45) is 0. The first-order valence-electron chi connectivity index (χ1n) is 9.46. The number of nitrogens with zero attached hydrogens (tertiary/aromatic N) is 2. The van der Waals surface area contributed by atoms with Gasteiger partial charge in [0.25, 0.3) is 5.91 Å². The number of hydrogen-bond acceptors (Lipinski definition) is 3. The molecular weight excluding hydrogens is 343 g/mol. The average Bonchev–Trinajstić information content (AvgIpc) is 2.66. The van der Waals surface area contributed by atoms with Gasteiger partial charge in [-0.1, -0.05) is 32.0 Å². The van der Waals surface area contributed by atoms with E-state index in [0.29, 0.717) is 37.8 Å². The zero-order valence-corrected chi connectivity index (χ0v) is 16.2. The van der Waals surface area contributed by atoms with Crippen molar-refractivity contribution in [3.05, 3.63) is 59.4 Å². The van der Waals surface area contributed by atoms with Gasteiger partial charge < -0.3 is 14.5 Å². The molecule has 3 rings (SSSR count). The lowest BCUT2D eigenvalue weighted by Crippen LogP contribution is -2.50. The SMILES string of the molecule is Cc1cc(OCC(=O)N2CCN(c3ccccc3F)CC2)ccc1C(C)C. The molecule has 0 bridgehead atoms. The normalized spacial score (nSPS) is 14.6. The lowest BCUT2D eigenvalue weighted by Gasteiger charge is -2.36. The van der Waals surface area contributed by atoms with Crippen LogP contribution in [0.5, 0.6) is 5.75 Å². The fourth-order valence-electron chi connectivity index (χ4n) is 3.53. The highest BCUT2D eigenvalue weighted by atomic mass is 19.1. The molecule has 5 heteroatoms. The minimum atomic E-state index is -0.221. The molecule has 2 aromatic carbocycles. The molecule has 0 spiro atoms. The lowest BCUT2D eigenvalue weighted by atomic mass is 9.98. The van der Waals surface area contributed by atoms with E-state index in [4.69, 9.17) is 4.74 Å². The standard InChI is InChI=1S/C22H27FN2O2/c1-16(2)19-9-8-18(14-17(19)3)27-15-22(26)25-12-10-24(11-13-25)21-7-5-4-6-20(21)23/h4-9,14,16H,10-13,15H2,1-3H3. The molecule has 0 saturated carbocycles. The van der Waals surface area contributed by atoms with Crippen LogP contribution in [-0.4, -0.2) is 43.6 Å². The lowest BCUT2D eigenvalue weighted by molar-refractivity contribution is -0.133. The molecule has 0 aromatic heterocycles. The molecule has 0 aliphatic carbocycles. The highest BCUT2D eigenvalue weighted by Crippen LogP contribution is 2.24.